The Morgan fingerprint density at radius 1 is 1.09 bits per heavy atom. The summed E-state index contributed by atoms with van der Waals surface area (Å²) >= 11 is 0. The van der Waals surface area contributed by atoms with Crippen LogP contribution < -0.4 is 15.1 Å². The number of para-hydroxylation sites is 1. The van der Waals surface area contributed by atoms with Crippen LogP contribution in [0.1, 0.15) is 5.69 Å². The van der Waals surface area contributed by atoms with Gasteiger partial charge in [-0.25, -0.2) is 4.98 Å². The van der Waals surface area contributed by atoms with Crippen molar-refractivity contribution in [1.82, 2.24) is 9.97 Å². The highest BCUT2D eigenvalue weighted by atomic mass is 15.3. The lowest BCUT2D eigenvalue weighted by molar-refractivity contribution is 0.639. The second kappa shape index (κ2) is 7.13. The van der Waals surface area contributed by atoms with E-state index in [2.05, 4.69) is 62.0 Å². The minimum atomic E-state index is 0.706. The number of piperazine rings is 1. The summed E-state index contributed by atoms with van der Waals surface area (Å²) in [5.41, 5.74) is 2.26. The molecule has 5 heteroatoms. The molecule has 1 N–H and O–H groups in total. The Kier molecular flexibility index (Phi) is 4.76. The zero-order valence-electron chi connectivity index (χ0n) is 13.6. The zero-order chi connectivity index (χ0) is 16.1. The molecule has 0 atom stereocenters. The number of anilines is 3. The molecule has 0 saturated carbocycles. The molecule has 1 fully saturated rings. The maximum absolute atomic E-state index is 4.63. The van der Waals surface area contributed by atoms with Crippen molar-refractivity contribution in [2.24, 2.45) is 0 Å². The van der Waals surface area contributed by atoms with Gasteiger partial charge in [-0.1, -0.05) is 24.3 Å². The Bertz CT molecular complexity index is 648. The van der Waals surface area contributed by atoms with Crippen molar-refractivity contribution in [2.45, 2.75) is 6.92 Å². The van der Waals surface area contributed by atoms with E-state index < -0.39 is 0 Å². The van der Waals surface area contributed by atoms with Crippen LogP contribution >= 0.6 is 0 Å². The Morgan fingerprint density at radius 3 is 2.48 bits per heavy atom. The predicted molar refractivity (Wildman–Crippen MR) is 96.3 cm³/mol. The van der Waals surface area contributed by atoms with E-state index in [0.29, 0.717) is 6.54 Å². The molecule has 1 saturated heterocycles. The van der Waals surface area contributed by atoms with Gasteiger partial charge in [0.1, 0.15) is 5.82 Å². The molecule has 1 aromatic carbocycles. The normalized spacial score (nSPS) is 14.7. The number of aryl methyl sites for hydroxylation is 1. The van der Waals surface area contributed by atoms with Gasteiger partial charge in [-0.15, -0.1) is 6.58 Å². The molecule has 120 valence electrons. The van der Waals surface area contributed by atoms with Gasteiger partial charge in [-0.2, -0.15) is 4.98 Å². The number of aromatic nitrogens is 2. The van der Waals surface area contributed by atoms with Gasteiger partial charge in [-0.05, 0) is 19.1 Å². The summed E-state index contributed by atoms with van der Waals surface area (Å²) < 4.78 is 0. The summed E-state index contributed by atoms with van der Waals surface area (Å²) in [5.74, 6) is 1.67. The number of nitrogens with one attached hydrogen (secondary N) is 1. The fourth-order valence-electron chi connectivity index (χ4n) is 2.77. The summed E-state index contributed by atoms with van der Waals surface area (Å²) in [5, 5.41) is 3.24. The fourth-order valence-corrected chi connectivity index (χ4v) is 2.77. The molecule has 1 aliphatic heterocycles. The van der Waals surface area contributed by atoms with Crippen molar-refractivity contribution in [3.05, 3.63) is 54.7 Å². The number of hydrogen-bond acceptors (Lipinski definition) is 5. The number of hydrogen-bond donors (Lipinski definition) is 1. The van der Waals surface area contributed by atoms with E-state index in [1.165, 1.54) is 5.69 Å². The molecule has 0 spiro atoms. The van der Waals surface area contributed by atoms with Gasteiger partial charge in [0.05, 0.1) is 0 Å². The molecule has 2 aromatic rings. The summed E-state index contributed by atoms with van der Waals surface area (Å²) in [6.07, 6.45) is 1.83. The quantitative estimate of drug-likeness (QED) is 0.860. The molecule has 0 aliphatic carbocycles. The second-order valence-corrected chi connectivity index (χ2v) is 5.67. The van der Waals surface area contributed by atoms with E-state index in [9.17, 15) is 0 Å². The van der Waals surface area contributed by atoms with Gasteiger partial charge in [0.15, 0.2) is 0 Å². The number of nitrogens with zero attached hydrogens (tertiary/aromatic N) is 4. The molecule has 1 aliphatic rings. The van der Waals surface area contributed by atoms with Crippen molar-refractivity contribution >= 4 is 17.5 Å². The van der Waals surface area contributed by atoms with Crippen molar-refractivity contribution in [3.63, 3.8) is 0 Å². The van der Waals surface area contributed by atoms with Crippen LogP contribution in [0.5, 0.6) is 0 Å². The van der Waals surface area contributed by atoms with E-state index in [1.807, 2.05) is 19.1 Å². The van der Waals surface area contributed by atoms with E-state index in [4.69, 9.17) is 0 Å². The molecule has 0 amide bonds. The highest BCUT2D eigenvalue weighted by Gasteiger charge is 2.19. The van der Waals surface area contributed by atoms with Crippen LogP contribution in [0.3, 0.4) is 0 Å². The Hall–Kier alpha value is -2.56. The lowest BCUT2D eigenvalue weighted by Gasteiger charge is -2.36. The molecule has 5 nitrogen and oxygen atoms in total. The third kappa shape index (κ3) is 3.80. The first-order valence-corrected chi connectivity index (χ1v) is 8.01. The second-order valence-electron chi connectivity index (χ2n) is 5.67. The fraction of sp³-hybridized carbons (Fsp3) is 0.333. The first kappa shape index (κ1) is 15.3. The van der Waals surface area contributed by atoms with Gasteiger partial charge >= 0.3 is 0 Å². The van der Waals surface area contributed by atoms with Crippen LogP contribution in [0.4, 0.5) is 17.5 Å². The molecular formula is C18H23N5. The maximum atomic E-state index is 4.63. The summed E-state index contributed by atoms with van der Waals surface area (Å²) in [6, 6.07) is 12.5. The van der Waals surface area contributed by atoms with Crippen LogP contribution in [0, 0.1) is 6.92 Å². The Balaban J connectivity index is 1.67. The van der Waals surface area contributed by atoms with E-state index in [0.717, 1.165) is 43.6 Å². The van der Waals surface area contributed by atoms with Crippen molar-refractivity contribution in [1.29, 1.82) is 0 Å². The largest absolute Gasteiger partial charge is 0.368 e. The van der Waals surface area contributed by atoms with E-state index >= 15 is 0 Å². The van der Waals surface area contributed by atoms with Gasteiger partial charge in [0.2, 0.25) is 5.95 Å². The van der Waals surface area contributed by atoms with Gasteiger partial charge < -0.3 is 15.1 Å². The lowest BCUT2D eigenvalue weighted by Crippen LogP contribution is -2.47. The molecule has 3 rings (SSSR count). The van der Waals surface area contributed by atoms with Crippen LogP contribution in [0.15, 0.2) is 49.1 Å². The molecular weight excluding hydrogens is 286 g/mol. The molecule has 0 unspecified atom stereocenters. The van der Waals surface area contributed by atoms with Crippen molar-refractivity contribution in [2.75, 3.05) is 47.8 Å². The van der Waals surface area contributed by atoms with Gasteiger partial charge in [0, 0.05) is 50.2 Å². The van der Waals surface area contributed by atoms with Gasteiger partial charge in [-0.3, -0.25) is 0 Å². The average Bonchev–Trinajstić information content (AvgIpc) is 2.60. The highest BCUT2D eigenvalue weighted by molar-refractivity contribution is 5.49. The van der Waals surface area contributed by atoms with E-state index in [1.54, 1.807) is 0 Å². The standard InChI is InChI=1S/C18H23N5/c1-3-9-19-17-14-15(2)20-18(21-17)23-12-10-22(11-13-23)16-7-5-4-6-8-16/h3-8,14H,1,9-13H2,2H3,(H,19,20,21). The molecule has 1 aromatic heterocycles. The summed E-state index contributed by atoms with van der Waals surface area (Å²) in [6.45, 7) is 10.3. The SMILES string of the molecule is C=CCNc1cc(C)nc(N2CCN(c3ccccc3)CC2)n1. The maximum Gasteiger partial charge on any atom is 0.227 e. The monoisotopic (exact) mass is 309 g/mol. The molecule has 23 heavy (non-hydrogen) atoms. The lowest BCUT2D eigenvalue weighted by atomic mass is 10.2. The predicted octanol–water partition coefficient (Wildman–Crippen LogP) is 2.71. The topological polar surface area (TPSA) is 44.3 Å². The van der Waals surface area contributed by atoms with E-state index in [-0.39, 0.29) is 0 Å². The van der Waals surface area contributed by atoms with Crippen LogP contribution in [0.2, 0.25) is 0 Å². The number of benzene rings is 1. The van der Waals surface area contributed by atoms with Crippen LogP contribution in [-0.4, -0.2) is 42.7 Å². The van der Waals surface area contributed by atoms with Crippen LogP contribution in [-0.2, 0) is 0 Å². The first-order valence-electron chi connectivity index (χ1n) is 8.01. The minimum Gasteiger partial charge on any atom is -0.368 e. The average molecular weight is 309 g/mol. The Labute approximate surface area is 137 Å². The molecule has 0 bridgehead atoms. The summed E-state index contributed by atoms with van der Waals surface area (Å²) in [7, 11) is 0. The molecule has 0 radical (unpaired) electrons. The summed E-state index contributed by atoms with van der Waals surface area (Å²) in [4.78, 5) is 13.9. The van der Waals surface area contributed by atoms with Crippen molar-refractivity contribution < 1.29 is 0 Å². The number of rotatable bonds is 5. The molecule has 2 heterocycles. The third-order valence-electron chi connectivity index (χ3n) is 3.95. The first-order chi connectivity index (χ1) is 11.3. The highest BCUT2D eigenvalue weighted by Crippen LogP contribution is 2.19. The third-order valence-corrected chi connectivity index (χ3v) is 3.95. The van der Waals surface area contributed by atoms with Gasteiger partial charge in [0.25, 0.3) is 0 Å². The smallest absolute Gasteiger partial charge is 0.227 e. The zero-order valence-corrected chi connectivity index (χ0v) is 13.6. The Morgan fingerprint density at radius 2 is 1.78 bits per heavy atom. The minimum absolute atomic E-state index is 0.706. The van der Waals surface area contributed by atoms with Crippen molar-refractivity contribution in [3.8, 4) is 0 Å². The van der Waals surface area contributed by atoms with Crippen LogP contribution in [0.25, 0.3) is 0 Å².